The first kappa shape index (κ1) is 5.78. The van der Waals surface area contributed by atoms with Crippen LogP contribution in [0.3, 0.4) is 0 Å². The Morgan fingerprint density at radius 2 is 2.40 bits per heavy atom. The van der Waals surface area contributed by atoms with Gasteiger partial charge in [0.25, 0.3) is 0 Å². The SMILES string of the molecule is Cc1coc2c1CCC=C2. The molecule has 1 aromatic heterocycles. The molecular formula is C9H10O. The van der Waals surface area contributed by atoms with Crippen LogP contribution in [0.15, 0.2) is 16.8 Å². The highest BCUT2D eigenvalue weighted by atomic mass is 16.3. The van der Waals surface area contributed by atoms with Crippen LogP contribution in [0, 0.1) is 6.92 Å². The number of hydrogen-bond acceptors (Lipinski definition) is 1. The first-order chi connectivity index (χ1) is 4.88. The quantitative estimate of drug-likeness (QED) is 0.531. The maximum Gasteiger partial charge on any atom is 0.129 e. The first-order valence-electron chi connectivity index (χ1n) is 3.61. The van der Waals surface area contributed by atoms with Gasteiger partial charge < -0.3 is 4.42 Å². The van der Waals surface area contributed by atoms with Crippen LogP contribution in [-0.2, 0) is 6.42 Å². The van der Waals surface area contributed by atoms with Gasteiger partial charge in [-0.25, -0.2) is 0 Å². The van der Waals surface area contributed by atoms with E-state index in [4.69, 9.17) is 4.42 Å². The highest BCUT2D eigenvalue weighted by Gasteiger charge is 2.09. The Bertz CT molecular complexity index is 268. The van der Waals surface area contributed by atoms with Crippen LogP contribution in [0.5, 0.6) is 0 Å². The molecular weight excluding hydrogens is 124 g/mol. The average Bonchev–Trinajstić information content (AvgIpc) is 2.34. The Morgan fingerprint density at radius 1 is 1.50 bits per heavy atom. The van der Waals surface area contributed by atoms with Gasteiger partial charge >= 0.3 is 0 Å². The standard InChI is InChI=1S/C9H10O/c1-7-6-10-9-5-3-2-4-8(7)9/h3,5-6H,2,4H2,1H3. The molecule has 0 saturated heterocycles. The lowest BCUT2D eigenvalue weighted by Crippen LogP contribution is -1.90. The zero-order chi connectivity index (χ0) is 6.97. The first-order valence-corrected chi connectivity index (χ1v) is 3.61. The number of fused-ring (bicyclic) bond motifs is 1. The molecule has 0 aromatic carbocycles. The van der Waals surface area contributed by atoms with Crippen LogP contribution in [0.1, 0.15) is 23.3 Å². The van der Waals surface area contributed by atoms with Crippen LogP contribution in [0.4, 0.5) is 0 Å². The highest BCUT2D eigenvalue weighted by molar-refractivity contribution is 5.52. The number of aryl methyl sites for hydroxylation is 1. The Balaban J connectivity index is 2.57. The molecule has 0 spiro atoms. The normalized spacial score (nSPS) is 15.3. The van der Waals surface area contributed by atoms with E-state index in [1.807, 2.05) is 6.26 Å². The molecule has 0 unspecified atom stereocenters. The van der Waals surface area contributed by atoms with E-state index in [9.17, 15) is 0 Å². The van der Waals surface area contributed by atoms with Crippen molar-refractivity contribution in [1.29, 1.82) is 0 Å². The van der Waals surface area contributed by atoms with E-state index >= 15 is 0 Å². The van der Waals surface area contributed by atoms with Crippen LogP contribution in [-0.4, -0.2) is 0 Å². The third-order valence-corrected chi connectivity index (χ3v) is 1.97. The summed E-state index contributed by atoms with van der Waals surface area (Å²) in [5, 5.41) is 0. The van der Waals surface area contributed by atoms with E-state index in [1.54, 1.807) is 0 Å². The van der Waals surface area contributed by atoms with E-state index in [2.05, 4.69) is 19.1 Å². The fraction of sp³-hybridized carbons (Fsp3) is 0.333. The average molecular weight is 134 g/mol. The zero-order valence-corrected chi connectivity index (χ0v) is 6.05. The molecule has 2 rings (SSSR count). The van der Waals surface area contributed by atoms with Crippen molar-refractivity contribution in [3.63, 3.8) is 0 Å². The van der Waals surface area contributed by atoms with E-state index in [0.717, 1.165) is 18.6 Å². The predicted molar refractivity (Wildman–Crippen MR) is 40.8 cm³/mol. The molecule has 10 heavy (non-hydrogen) atoms. The monoisotopic (exact) mass is 134 g/mol. The van der Waals surface area contributed by atoms with E-state index in [0.29, 0.717) is 0 Å². The molecule has 0 radical (unpaired) electrons. The Kier molecular flexibility index (Phi) is 1.16. The molecule has 0 saturated carbocycles. The fourth-order valence-corrected chi connectivity index (χ4v) is 1.37. The molecule has 1 nitrogen and oxygen atoms in total. The summed E-state index contributed by atoms with van der Waals surface area (Å²) in [6.45, 7) is 2.10. The van der Waals surface area contributed by atoms with E-state index < -0.39 is 0 Å². The lowest BCUT2D eigenvalue weighted by Gasteiger charge is -2.02. The second kappa shape index (κ2) is 2.01. The minimum absolute atomic E-state index is 1.06. The summed E-state index contributed by atoms with van der Waals surface area (Å²) in [5.41, 5.74) is 2.68. The molecule has 1 aromatic rings. The van der Waals surface area contributed by atoms with Crippen molar-refractivity contribution in [3.05, 3.63) is 29.2 Å². The van der Waals surface area contributed by atoms with Gasteiger partial charge in [0, 0.05) is 5.56 Å². The second-order valence-electron chi connectivity index (χ2n) is 2.70. The van der Waals surface area contributed by atoms with Gasteiger partial charge in [-0.05, 0) is 31.4 Å². The van der Waals surface area contributed by atoms with Crippen LogP contribution < -0.4 is 0 Å². The molecule has 1 heterocycles. The minimum atomic E-state index is 1.06. The third-order valence-electron chi connectivity index (χ3n) is 1.97. The van der Waals surface area contributed by atoms with E-state index in [-0.39, 0.29) is 0 Å². The molecule has 0 amide bonds. The minimum Gasteiger partial charge on any atom is -0.464 e. The third kappa shape index (κ3) is 0.703. The van der Waals surface area contributed by atoms with Crippen LogP contribution in [0.25, 0.3) is 6.08 Å². The lowest BCUT2D eigenvalue weighted by molar-refractivity contribution is 0.550. The second-order valence-corrected chi connectivity index (χ2v) is 2.70. The fourth-order valence-electron chi connectivity index (χ4n) is 1.37. The molecule has 52 valence electrons. The summed E-state index contributed by atoms with van der Waals surface area (Å²) in [5.74, 6) is 1.06. The topological polar surface area (TPSA) is 13.1 Å². The predicted octanol–water partition coefficient (Wildman–Crippen LogP) is 2.55. The molecule has 1 aliphatic rings. The van der Waals surface area contributed by atoms with Gasteiger partial charge in [-0.3, -0.25) is 0 Å². The summed E-state index contributed by atoms with van der Waals surface area (Å²) in [6.07, 6.45) is 8.36. The van der Waals surface area contributed by atoms with Gasteiger partial charge in [-0.2, -0.15) is 0 Å². The van der Waals surface area contributed by atoms with Gasteiger partial charge in [0.15, 0.2) is 0 Å². The summed E-state index contributed by atoms with van der Waals surface area (Å²) >= 11 is 0. The van der Waals surface area contributed by atoms with E-state index in [1.165, 1.54) is 11.1 Å². The van der Waals surface area contributed by atoms with Gasteiger partial charge in [0.1, 0.15) is 5.76 Å². The van der Waals surface area contributed by atoms with Crippen molar-refractivity contribution in [2.24, 2.45) is 0 Å². The highest BCUT2D eigenvalue weighted by Crippen LogP contribution is 2.23. The molecule has 0 bridgehead atoms. The Morgan fingerprint density at radius 3 is 3.20 bits per heavy atom. The van der Waals surface area contributed by atoms with Crippen LogP contribution in [0.2, 0.25) is 0 Å². The largest absolute Gasteiger partial charge is 0.464 e. The van der Waals surface area contributed by atoms with Crippen molar-refractivity contribution in [3.8, 4) is 0 Å². The molecule has 0 fully saturated rings. The molecule has 1 aliphatic carbocycles. The molecule has 0 aliphatic heterocycles. The smallest absolute Gasteiger partial charge is 0.129 e. The van der Waals surface area contributed by atoms with Crippen molar-refractivity contribution in [2.45, 2.75) is 19.8 Å². The summed E-state index contributed by atoms with van der Waals surface area (Å²) in [7, 11) is 0. The molecule has 1 heteroatoms. The summed E-state index contributed by atoms with van der Waals surface area (Å²) < 4.78 is 5.30. The number of hydrogen-bond donors (Lipinski definition) is 0. The Labute approximate surface area is 60.4 Å². The molecule has 0 N–H and O–H groups in total. The number of rotatable bonds is 0. The van der Waals surface area contributed by atoms with Gasteiger partial charge in [0.05, 0.1) is 6.26 Å². The Hall–Kier alpha value is -0.980. The van der Waals surface area contributed by atoms with Crippen molar-refractivity contribution in [2.75, 3.05) is 0 Å². The van der Waals surface area contributed by atoms with Gasteiger partial charge in [-0.15, -0.1) is 0 Å². The lowest BCUT2D eigenvalue weighted by atomic mass is 10.0. The maximum atomic E-state index is 5.30. The van der Waals surface area contributed by atoms with Crippen molar-refractivity contribution < 1.29 is 4.42 Å². The zero-order valence-electron chi connectivity index (χ0n) is 6.05. The van der Waals surface area contributed by atoms with Crippen LogP contribution >= 0.6 is 0 Å². The van der Waals surface area contributed by atoms with Crippen molar-refractivity contribution in [1.82, 2.24) is 0 Å². The van der Waals surface area contributed by atoms with Crippen molar-refractivity contribution >= 4 is 6.08 Å². The van der Waals surface area contributed by atoms with Gasteiger partial charge in [-0.1, -0.05) is 6.08 Å². The summed E-state index contributed by atoms with van der Waals surface area (Å²) in [6, 6.07) is 0. The summed E-state index contributed by atoms with van der Waals surface area (Å²) in [4.78, 5) is 0. The number of furan rings is 1. The maximum absolute atomic E-state index is 5.30. The number of allylic oxidation sites excluding steroid dienone is 1. The van der Waals surface area contributed by atoms with Gasteiger partial charge in [0.2, 0.25) is 0 Å². The molecule has 0 atom stereocenters.